The molecule has 0 amide bonds. The van der Waals surface area contributed by atoms with Crippen molar-refractivity contribution in [2.45, 2.75) is 233 Å². The quantitative estimate of drug-likeness (QED) is 0.0324. The average Bonchev–Trinajstić information content (AvgIpc) is 1.14. The fraction of sp³-hybridized carbons (Fsp3) is 1.00. The largest absolute Gasteiger partial charge is 0.500 e. The van der Waals surface area contributed by atoms with E-state index < -0.39 is 106 Å². The van der Waals surface area contributed by atoms with Crippen LogP contribution in [0, 0.1) is 0 Å². The zero-order chi connectivity index (χ0) is 112. The smallest absolute Gasteiger partial charge is 0.395 e. The highest BCUT2D eigenvalue weighted by atomic mass is 28.4. The van der Waals surface area contributed by atoms with Gasteiger partial charge in [0.2, 0.25) is 0 Å². The standard InChI is InChI=1S/C18H43NO7Si2.C17H41NO6Si2.C16H39NO6Si2.C14H35NO7Si2.C13H33NO6Si2.C12H31NO6Si2/c1-7-23-27(21-5,24-8-2)17-11-13-19(15-16-20)14-12-18-28(22-6,25-9-3)26-10-4;1-8-21-25(19-6,22-9-2)16-12-14-18(5)15-13-17-26(20-7,23-10-3)24-11-4;1-7-20-24(18-5,21-8-2)15-11-13-17-14-12-16-25(19-6,22-9-3)23-10-4;1-17-23(18-2,19-3)13-7-9-15(11-12-16)10-8-14-24(20-4,21-5)22-6;1-14(10-8-12-21(15-2,16-3)17-4)11-9-13-22(18-5,19-6)20-7;1-14-20(15-2,16-3)11-7-9-13-10-8-12-21(17-4,18-5)19-6/h20H,7-18H2,1-6H3;8-17H2,1-7H3;17H,7-16H2,1-6H3;16H,7-14H2,1-6H3;8-13H2,1-7H3;13H,7-12H2,1-6H3. The summed E-state index contributed by atoms with van der Waals surface area (Å²) < 4.78 is 201. The van der Waals surface area contributed by atoms with E-state index in [0.717, 1.165) is 228 Å². The second kappa shape index (κ2) is 100. The van der Waals surface area contributed by atoms with Crippen molar-refractivity contribution in [2.24, 2.45) is 0 Å². The Morgan fingerprint density at radius 1 is 0.158 bits per heavy atom. The topological polar surface area (TPSA) is 410 Å². The third kappa shape index (κ3) is 70.0. The molecule has 0 aliphatic heterocycles. The molecule has 56 heteroatoms. The summed E-state index contributed by atoms with van der Waals surface area (Å²) in [6, 6.07) is 9.57. The van der Waals surface area contributed by atoms with Crippen LogP contribution in [0.25, 0.3) is 0 Å². The molecule has 0 rings (SSSR count). The van der Waals surface area contributed by atoms with E-state index in [4.69, 9.17) is 159 Å². The average molecular weight is 2330 g/mol. The second-order valence-electron chi connectivity index (χ2n) is 32.8. The van der Waals surface area contributed by atoms with E-state index >= 15 is 0 Å². The molecule has 0 fully saturated rings. The van der Waals surface area contributed by atoms with Crippen LogP contribution in [0.4, 0.5) is 0 Å². The van der Waals surface area contributed by atoms with Crippen molar-refractivity contribution in [3.05, 3.63) is 0 Å². The van der Waals surface area contributed by atoms with Crippen molar-refractivity contribution in [1.29, 1.82) is 0 Å². The summed E-state index contributed by atoms with van der Waals surface area (Å²) in [5.41, 5.74) is 0. The van der Waals surface area contributed by atoms with Crippen molar-refractivity contribution < 1.29 is 170 Å². The van der Waals surface area contributed by atoms with Gasteiger partial charge in [-0.2, -0.15) is 0 Å². The molecular weight excluding hydrogens is 2110 g/mol. The van der Waals surface area contributed by atoms with Crippen LogP contribution in [0.2, 0.25) is 72.5 Å². The molecule has 0 heterocycles. The van der Waals surface area contributed by atoms with Gasteiger partial charge in [-0.1, -0.05) is 0 Å². The molecule has 0 aromatic heterocycles. The first-order valence-electron chi connectivity index (χ1n) is 52.4. The van der Waals surface area contributed by atoms with Crippen LogP contribution < -0.4 is 10.6 Å². The normalized spacial score (nSPS) is 12.9. The molecule has 0 unspecified atom stereocenters. The molecule has 4 N–H and O–H groups in total. The molecule has 0 aliphatic carbocycles. The minimum Gasteiger partial charge on any atom is -0.395 e. The lowest BCUT2D eigenvalue weighted by molar-refractivity contribution is 0.0825. The van der Waals surface area contributed by atoms with Crippen LogP contribution in [0.5, 0.6) is 0 Å². The minimum atomic E-state index is -2.59. The van der Waals surface area contributed by atoms with Gasteiger partial charge in [0.25, 0.3) is 0 Å². The summed E-state index contributed by atoms with van der Waals surface area (Å²) in [5, 5.41) is 25.5. The first kappa shape index (κ1) is 157. The minimum absolute atomic E-state index is 0.128. The lowest BCUT2D eigenvalue weighted by atomic mass is 10.3. The molecule has 0 saturated carbocycles. The zero-order valence-electron chi connectivity index (χ0n) is 99.1. The van der Waals surface area contributed by atoms with E-state index in [9.17, 15) is 10.2 Å². The summed E-state index contributed by atoms with van der Waals surface area (Å²) in [7, 11) is 13.8. The monoisotopic (exact) mass is 2330 g/mol. The Hall–Kier alpha value is 0.843. The molecule has 0 atom stereocenters. The third-order valence-electron chi connectivity index (χ3n) is 23.9. The van der Waals surface area contributed by atoms with Gasteiger partial charge in [0.15, 0.2) is 0 Å². The number of hydrogen-bond donors (Lipinski definition) is 4. The molecule has 0 aromatic carbocycles. The Balaban J connectivity index is -0.000000404. The van der Waals surface area contributed by atoms with Gasteiger partial charge < -0.3 is 200 Å². The summed E-state index contributed by atoms with van der Waals surface area (Å²) >= 11 is 0. The van der Waals surface area contributed by atoms with Crippen LogP contribution in [0.3, 0.4) is 0 Å². The van der Waals surface area contributed by atoms with Gasteiger partial charge >= 0.3 is 106 Å². The third-order valence-corrected chi connectivity index (χ3v) is 59.2. The Morgan fingerprint density at radius 2 is 0.267 bits per heavy atom. The van der Waals surface area contributed by atoms with Crippen LogP contribution >= 0.6 is 0 Å². The Bertz CT molecular complexity index is 2500. The number of nitrogens with one attached hydrogen (secondary N) is 2. The maximum atomic E-state index is 9.41. The van der Waals surface area contributed by atoms with Crippen molar-refractivity contribution in [3.63, 3.8) is 0 Å². The van der Waals surface area contributed by atoms with Gasteiger partial charge in [0.1, 0.15) is 0 Å². The highest BCUT2D eigenvalue weighted by Gasteiger charge is 2.47. The Labute approximate surface area is 901 Å². The molecule has 0 aliphatic rings. The Kier molecular flexibility index (Phi) is 108. The van der Waals surface area contributed by atoms with E-state index in [-0.39, 0.29) is 13.2 Å². The molecule has 0 spiro atoms. The van der Waals surface area contributed by atoms with E-state index in [2.05, 4.69) is 44.3 Å². The Morgan fingerprint density at radius 3 is 0.384 bits per heavy atom. The maximum Gasteiger partial charge on any atom is 0.500 e. The molecule has 146 heavy (non-hydrogen) atoms. The number of nitrogens with zero attached hydrogens (tertiary/aromatic N) is 4. The molecule has 0 radical (unpaired) electrons. The number of rotatable bonds is 100. The van der Waals surface area contributed by atoms with Crippen molar-refractivity contribution in [2.75, 3.05) is 369 Å². The van der Waals surface area contributed by atoms with Crippen LogP contribution in [0.1, 0.15) is 160 Å². The van der Waals surface area contributed by atoms with Gasteiger partial charge in [-0.15, -0.1) is 0 Å². The second-order valence-corrected chi connectivity index (χ2v) is 68.4. The lowest BCUT2D eigenvalue weighted by Crippen LogP contribution is -2.46. The summed E-state index contributed by atoms with van der Waals surface area (Å²) in [5.74, 6) is 0. The van der Waals surface area contributed by atoms with E-state index in [0.29, 0.717) is 92.4 Å². The maximum absolute atomic E-state index is 9.41. The van der Waals surface area contributed by atoms with Crippen molar-refractivity contribution in [1.82, 2.24) is 30.2 Å². The first-order valence-corrected chi connectivity index (χ1v) is 75.6. The number of aliphatic hydroxyl groups is 2. The molecule has 44 nitrogen and oxygen atoms in total. The van der Waals surface area contributed by atoms with Gasteiger partial charge in [0, 0.05) is 336 Å². The SMILES string of the molecule is CCO[Si](CCCN(C)CCC[Si](OC)(OCC)OCC)(OC)OCC.CCO[Si](CCCN(CCO)CCC[Si](OC)(OCC)OCC)(OC)OCC.CCO[Si](CCCNCCC[Si](OC)(OCC)OCC)(OC)OCC.CO[Si](CCCN(C)CCC[Si](OC)(OC)OC)(OC)OC.CO[Si](CCCN(CCO)CCC[Si](OC)(OC)OC)(OC)OC.CO[Si](CCCNCCC[Si](OC)(OC)OC)(OC)OC. The molecule has 0 bridgehead atoms. The molecule has 0 saturated heterocycles. The van der Waals surface area contributed by atoms with Gasteiger partial charge in [-0.05, 0) is 253 Å². The highest BCUT2D eigenvalue weighted by molar-refractivity contribution is 6.64. The predicted molar refractivity (Wildman–Crippen MR) is 598 cm³/mol. The number of hydrogen-bond acceptors (Lipinski definition) is 44. The van der Waals surface area contributed by atoms with E-state index in [1.807, 2.05) is 83.1 Å². The fourth-order valence-electron chi connectivity index (χ4n) is 15.9. The highest BCUT2D eigenvalue weighted by Crippen LogP contribution is 2.27. The predicted octanol–water partition coefficient (Wildman–Crippen LogP) is 11.4. The van der Waals surface area contributed by atoms with Crippen molar-refractivity contribution in [3.8, 4) is 0 Å². The summed E-state index contributed by atoms with van der Waals surface area (Å²) in [6.07, 6.45) is 11.3. The van der Waals surface area contributed by atoms with Gasteiger partial charge in [-0.3, -0.25) is 0 Å². The van der Waals surface area contributed by atoms with E-state index in [1.165, 1.54) is 0 Å². The van der Waals surface area contributed by atoms with Crippen LogP contribution in [-0.2, 0) is 159 Å². The van der Waals surface area contributed by atoms with Crippen LogP contribution in [0.15, 0.2) is 0 Å². The molecule has 0 aromatic rings. The lowest BCUT2D eigenvalue weighted by Gasteiger charge is -2.30. The first-order chi connectivity index (χ1) is 70.1. The zero-order valence-corrected chi connectivity index (χ0v) is 111. The van der Waals surface area contributed by atoms with Gasteiger partial charge in [-0.25, -0.2) is 0 Å². The summed E-state index contributed by atoms with van der Waals surface area (Å²) in [6.45, 7) is 43.3. The van der Waals surface area contributed by atoms with Crippen LogP contribution in [-0.4, -0.2) is 504 Å². The molecule has 888 valence electrons. The fourth-order valence-corrected chi connectivity index (χ4v) is 39.9. The molecular formula is C90H222N6O38Si12. The number of aliphatic hydroxyl groups excluding tert-OH is 2. The van der Waals surface area contributed by atoms with E-state index in [1.54, 1.807) is 171 Å². The van der Waals surface area contributed by atoms with Gasteiger partial charge in [0.05, 0.1) is 13.2 Å². The summed E-state index contributed by atoms with van der Waals surface area (Å²) in [4.78, 5) is 9.05. The van der Waals surface area contributed by atoms with Crippen molar-refractivity contribution >= 4 is 106 Å².